The number of rotatable bonds is 5. The van der Waals surface area contributed by atoms with Crippen LogP contribution < -0.4 is 5.73 Å². The highest BCUT2D eigenvalue weighted by atomic mass is 19.4. The number of carbonyl (C=O) groups excluding carboxylic acids is 1. The highest BCUT2D eigenvalue weighted by molar-refractivity contribution is 5.94. The molecule has 1 aliphatic heterocycles. The van der Waals surface area contributed by atoms with Gasteiger partial charge in [0.25, 0.3) is 0 Å². The van der Waals surface area contributed by atoms with Gasteiger partial charge in [0.05, 0.1) is 18.2 Å². The molecule has 5 rings (SSSR count). The summed E-state index contributed by atoms with van der Waals surface area (Å²) < 4.78 is 68.7. The van der Waals surface area contributed by atoms with Gasteiger partial charge in [-0.2, -0.15) is 18.3 Å². The zero-order valence-corrected chi connectivity index (χ0v) is 19.0. The lowest BCUT2D eigenvalue weighted by atomic mass is 9.98. The van der Waals surface area contributed by atoms with Crippen molar-refractivity contribution in [1.29, 1.82) is 0 Å². The van der Waals surface area contributed by atoms with Crippen LogP contribution in [0, 0.1) is 11.6 Å². The van der Waals surface area contributed by atoms with Gasteiger partial charge in [-0.25, -0.2) is 8.78 Å². The lowest BCUT2D eigenvalue weighted by molar-refractivity contribution is -0.138. The number of aliphatic hydroxyl groups excluding tert-OH is 1. The molecule has 2 atom stereocenters. The van der Waals surface area contributed by atoms with E-state index in [1.165, 1.54) is 16.8 Å². The fourth-order valence-corrected chi connectivity index (χ4v) is 5.18. The van der Waals surface area contributed by atoms with E-state index in [1.54, 1.807) is 23.1 Å². The monoisotopic (exact) mass is 506 g/mol. The van der Waals surface area contributed by atoms with E-state index < -0.39 is 42.3 Å². The summed E-state index contributed by atoms with van der Waals surface area (Å²) in [6, 6.07) is 7.48. The molecule has 1 amide bonds. The van der Waals surface area contributed by atoms with Crippen molar-refractivity contribution >= 4 is 5.91 Å². The molecule has 3 aromatic rings. The zero-order valence-electron chi connectivity index (χ0n) is 19.0. The van der Waals surface area contributed by atoms with Crippen molar-refractivity contribution in [2.75, 3.05) is 13.1 Å². The minimum absolute atomic E-state index is 0.0229. The molecule has 2 aliphatic rings. The van der Waals surface area contributed by atoms with E-state index in [0.717, 1.165) is 6.07 Å². The average Bonchev–Trinajstić information content (AvgIpc) is 3.34. The lowest BCUT2D eigenvalue weighted by Crippen LogP contribution is -2.35. The first-order chi connectivity index (χ1) is 17.0. The third kappa shape index (κ3) is 4.48. The molecule has 2 heterocycles. The Kier molecular flexibility index (Phi) is 6.08. The summed E-state index contributed by atoms with van der Waals surface area (Å²) in [4.78, 5) is 13.4. The topological polar surface area (TPSA) is 84.4 Å². The van der Waals surface area contributed by atoms with Gasteiger partial charge in [0, 0.05) is 60.9 Å². The minimum Gasteiger partial charge on any atom is -0.390 e. The Morgan fingerprint density at radius 2 is 1.94 bits per heavy atom. The maximum atomic E-state index is 14.5. The number of nitrogens with two attached hydrogens (primary N) is 1. The Labute approximate surface area is 203 Å². The number of carbonyl (C=O) groups is 1. The predicted octanol–water partition coefficient (Wildman–Crippen LogP) is 3.74. The van der Waals surface area contributed by atoms with E-state index in [4.69, 9.17) is 10.8 Å². The molecule has 0 radical (unpaired) electrons. The number of halogens is 5. The third-order valence-corrected chi connectivity index (χ3v) is 6.85. The summed E-state index contributed by atoms with van der Waals surface area (Å²) in [5, 5.41) is 15.6. The minimum atomic E-state index is -4.30. The maximum absolute atomic E-state index is 14.5. The van der Waals surface area contributed by atoms with E-state index in [2.05, 4.69) is 0 Å². The Hall–Kier alpha value is -3.31. The Morgan fingerprint density at radius 3 is 2.67 bits per heavy atom. The van der Waals surface area contributed by atoms with Gasteiger partial charge in [0.2, 0.25) is 5.91 Å². The molecule has 1 aromatic heterocycles. The second-order valence-electron chi connectivity index (χ2n) is 9.23. The molecule has 0 bridgehead atoms. The first-order valence-corrected chi connectivity index (χ1v) is 11.5. The number of fused-ring (bicyclic) bond motifs is 2. The van der Waals surface area contributed by atoms with Crippen molar-refractivity contribution in [2.45, 2.75) is 44.1 Å². The number of benzene rings is 2. The van der Waals surface area contributed by atoms with Gasteiger partial charge in [-0.1, -0.05) is 12.1 Å². The fourth-order valence-electron chi connectivity index (χ4n) is 5.18. The molecule has 3 N–H and O–H groups in total. The molecule has 2 aromatic carbocycles. The molecular weight excluding hydrogens is 483 g/mol. The number of hydrogen-bond donors (Lipinski definition) is 2. The molecule has 0 unspecified atom stereocenters. The molecule has 11 heteroatoms. The average molecular weight is 506 g/mol. The van der Waals surface area contributed by atoms with Gasteiger partial charge >= 0.3 is 6.18 Å². The highest BCUT2D eigenvalue weighted by Gasteiger charge is 2.39. The van der Waals surface area contributed by atoms with Crippen LogP contribution in [0.4, 0.5) is 22.0 Å². The number of alkyl halides is 3. The highest BCUT2D eigenvalue weighted by Crippen LogP contribution is 2.40. The Balaban J connectivity index is 1.62. The largest absolute Gasteiger partial charge is 0.390 e. The Morgan fingerprint density at radius 1 is 1.17 bits per heavy atom. The van der Waals surface area contributed by atoms with Crippen LogP contribution in [0.5, 0.6) is 0 Å². The molecule has 0 spiro atoms. The third-order valence-electron chi connectivity index (χ3n) is 6.85. The molecule has 6 nitrogen and oxygen atoms in total. The smallest absolute Gasteiger partial charge is 0.390 e. The van der Waals surface area contributed by atoms with Gasteiger partial charge in [0.1, 0.15) is 17.7 Å². The Bertz CT molecular complexity index is 1340. The molecule has 0 saturated heterocycles. The van der Waals surface area contributed by atoms with Crippen LogP contribution in [-0.2, 0) is 19.4 Å². The first kappa shape index (κ1) is 24.4. The molecular formula is C25H23F5N4O2. The summed E-state index contributed by atoms with van der Waals surface area (Å²) in [5.74, 6) is -2.18. The standard InChI is InChI=1S/C25H23F5N4O2/c26-15-9-17-16(19(27)10-15)11-21(35)23(17)34-20-4-6-33(7-5-25(28,29)30)12-18(20)22(32-34)13-2-1-3-14(8-13)24(31)36/h1-3,8-10,21,23,35H,4-7,11-12H2,(H2,31,36)/t21-,23+/m0/s1. The van der Waals surface area contributed by atoms with Crippen molar-refractivity contribution in [3.8, 4) is 11.3 Å². The zero-order chi connectivity index (χ0) is 25.8. The van der Waals surface area contributed by atoms with E-state index in [-0.39, 0.29) is 36.2 Å². The van der Waals surface area contributed by atoms with Crippen LogP contribution in [-0.4, -0.2) is 51.1 Å². The summed E-state index contributed by atoms with van der Waals surface area (Å²) in [6.07, 6.45) is -6.03. The predicted molar refractivity (Wildman–Crippen MR) is 120 cm³/mol. The van der Waals surface area contributed by atoms with Crippen LogP contribution in [0.2, 0.25) is 0 Å². The molecule has 0 saturated carbocycles. The second kappa shape index (κ2) is 8.97. The molecule has 1 aliphatic carbocycles. The van der Waals surface area contributed by atoms with E-state index >= 15 is 0 Å². The van der Waals surface area contributed by atoms with Gasteiger partial charge in [-0.05, 0) is 29.3 Å². The number of primary amides is 1. The number of amides is 1. The number of nitrogens with zero attached hydrogens (tertiary/aromatic N) is 3. The summed E-state index contributed by atoms with van der Waals surface area (Å²) in [7, 11) is 0. The fraction of sp³-hybridized carbons (Fsp3) is 0.360. The van der Waals surface area contributed by atoms with Crippen molar-refractivity contribution in [3.63, 3.8) is 0 Å². The number of aromatic nitrogens is 2. The SMILES string of the molecule is NC(=O)c1cccc(-c2nn([C@@H]3c4cc(F)cc(F)c4C[C@@H]3O)c3c2CN(CCC(F)(F)F)CC3)c1. The van der Waals surface area contributed by atoms with E-state index in [0.29, 0.717) is 35.5 Å². The summed E-state index contributed by atoms with van der Waals surface area (Å²) >= 11 is 0. The van der Waals surface area contributed by atoms with Crippen LogP contribution in [0.1, 0.15) is 45.2 Å². The first-order valence-electron chi connectivity index (χ1n) is 11.5. The molecule has 36 heavy (non-hydrogen) atoms. The number of aliphatic hydroxyl groups is 1. The van der Waals surface area contributed by atoms with E-state index in [1.807, 2.05) is 0 Å². The quantitative estimate of drug-likeness (QED) is 0.517. The summed E-state index contributed by atoms with van der Waals surface area (Å²) in [5.41, 5.74) is 8.39. The number of hydrogen-bond acceptors (Lipinski definition) is 4. The lowest BCUT2D eigenvalue weighted by Gasteiger charge is -2.29. The van der Waals surface area contributed by atoms with E-state index in [9.17, 15) is 31.9 Å². The van der Waals surface area contributed by atoms with Gasteiger partial charge in [-0.3, -0.25) is 14.4 Å². The van der Waals surface area contributed by atoms with Crippen molar-refractivity contribution in [2.24, 2.45) is 5.73 Å². The van der Waals surface area contributed by atoms with Crippen molar-refractivity contribution < 1.29 is 31.9 Å². The normalized spacial score (nSPS) is 19.8. The second-order valence-corrected chi connectivity index (χ2v) is 9.23. The van der Waals surface area contributed by atoms with Crippen LogP contribution in [0.15, 0.2) is 36.4 Å². The van der Waals surface area contributed by atoms with Crippen LogP contribution in [0.25, 0.3) is 11.3 Å². The van der Waals surface area contributed by atoms with Gasteiger partial charge in [0.15, 0.2) is 0 Å². The molecule has 190 valence electrons. The van der Waals surface area contributed by atoms with Crippen LogP contribution >= 0.6 is 0 Å². The van der Waals surface area contributed by atoms with Crippen molar-refractivity contribution in [1.82, 2.24) is 14.7 Å². The summed E-state index contributed by atoms with van der Waals surface area (Å²) in [6.45, 7) is 0.289. The molecule has 0 fully saturated rings. The maximum Gasteiger partial charge on any atom is 0.390 e. The van der Waals surface area contributed by atoms with Gasteiger partial charge in [-0.15, -0.1) is 0 Å². The van der Waals surface area contributed by atoms with Crippen LogP contribution in [0.3, 0.4) is 0 Å². The van der Waals surface area contributed by atoms with Crippen molar-refractivity contribution in [3.05, 3.63) is 76.0 Å². The van der Waals surface area contributed by atoms with Gasteiger partial charge < -0.3 is 10.8 Å².